The molecule has 144 valence electrons. The van der Waals surface area contributed by atoms with Gasteiger partial charge in [-0.15, -0.1) is 0 Å². The van der Waals surface area contributed by atoms with E-state index in [9.17, 15) is 14.4 Å². The van der Waals surface area contributed by atoms with E-state index in [0.717, 1.165) is 11.8 Å². The van der Waals surface area contributed by atoms with Gasteiger partial charge in [-0.2, -0.15) is 0 Å². The monoisotopic (exact) mass is 362 g/mol. The number of rotatable bonds is 10. The lowest BCUT2D eigenvalue weighted by molar-refractivity contribution is -0.126. The molecule has 0 aliphatic heterocycles. The predicted molar refractivity (Wildman–Crippen MR) is 100 cm³/mol. The summed E-state index contributed by atoms with van der Waals surface area (Å²) in [6, 6.07) is 8.01. The summed E-state index contributed by atoms with van der Waals surface area (Å²) in [5.41, 5.74) is 0.866. The first-order valence-electron chi connectivity index (χ1n) is 9.04. The first-order chi connectivity index (χ1) is 12.3. The molecule has 0 aliphatic carbocycles. The summed E-state index contributed by atoms with van der Waals surface area (Å²) in [6.07, 6.45) is 1.10. The summed E-state index contributed by atoms with van der Waals surface area (Å²) >= 11 is 0. The molecule has 26 heavy (non-hydrogen) atoms. The summed E-state index contributed by atoms with van der Waals surface area (Å²) in [7, 11) is 0. The van der Waals surface area contributed by atoms with Crippen LogP contribution in [0.4, 0.5) is 4.79 Å². The van der Waals surface area contributed by atoms with Crippen molar-refractivity contribution >= 4 is 18.3 Å². The van der Waals surface area contributed by atoms with Gasteiger partial charge in [0.25, 0.3) is 0 Å². The van der Waals surface area contributed by atoms with E-state index in [2.05, 4.69) is 10.6 Å². The van der Waals surface area contributed by atoms with Gasteiger partial charge >= 0.3 is 6.09 Å². The minimum atomic E-state index is -0.743. The van der Waals surface area contributed by atoms with Gasteiger partial charge in [-0.25, -0.2) is 4.79 Å². The number of hydrogen-bond acceptors (Lipinski definition) is 4. The van der Waals surface area contributed by atoms with Crippen molar-refractivity contribution in [2.75, 3.05) is 0 Å². The van der Waals surface area contributed by atoms with Crippen LogP contribution < -0.4 is 10.6 Å². The van der Waals surface area contributed by atoms with Gasteiger partial charge in [0.05, 0.1) is 6.04 Å². The third-order valence-corrected chi connectivity index (χ3v) is 3.75. The molecule has 2 amide bonds. The molecule has 0 fully saturated rings. The highest BCUT2D eigenvalue weighted by Gasteiger charge is 2.25. The largest absolute Gasteiger partial charge is 0.445 e. The van der Waals surface area contributed by atoms with E-state index in [0.29, 0.717) is 12.8 Å². The lowest BCUT2D eigenvalue weighted by atomic mass is 10.0. The second-order valence-corrected chi connectivity index (χ2v) is 7.27. The molecule has 1 aromatic carbocycles. The molecule has 6 heteroatoms. The summed E-state index contributed by atoms with van der Waals surface area (Å²) in [4.78, 5) is 35.7. The van der Waals surface area contributed by atoms with Crippen LogP contribution in [0.25, 0.3) is 0 Å². The molecule has 0 saturated carbocycles. The van der Waals surface area contributed by atoms with Crippen molar-refractivity contribution < 1.29 is 19.1 Å². The predicted octanol–water partition coefficient (Wildman–Crippen LogP) is 3.06. The normalized spacial score (nSPS) is 13.2. The topological polar surface area (TPSA) is 84.5 Å². The van der Waals surface area contributed by atoms with Gasteiger partial charge in [-0.1, -0.05) is 58.0 Å². The van der Waals surface area contributed by atoms with Gasteiger partial charge < -0.3 is 20.2 Å². The van der Waals surface area contributed by atoms with Gasteiger partial charge in [0, 0.05) is 0 Å². The Balaban J connectivity index is 2.62. The van der Waals surface area contributed by atoms with Crippen LogP contribution in [0.1, 0.15) is 46.1 Å². The van der Waals surface area contributed by atoms with E-state index in [1.165, 1.54) is 0 Å². The molecule has 1 rings (SSSR count). The summed E-state index contributed by atoms with van der Waals surface area (Å²) in [5.74, 6) is 0.103. The van der Waals surface area contributed by atoms with E-state index in [4.69, 9.17) is 4.74 Å². The summed E-state index contributed by atoms with van der Waals surface area (Å²) < 4.78 is 5.19. The van der Waals surface area contributed by atoms with Crippen molar-refractivity contribution in [2.24, 2.45) is 11.8 Å². The highest BCUT2D eigenvalue weighted by atomic mass is 16.5. The first-order valence-corrected chi connectivity index (χ1v) is 9.04. The average Bonchev–Trinajstić information content (AvgIpc) is 2.58. The number of carbonyl (C=O) groups is 3. The van der Waals surface area contributed by atoms with Crippen LogP contribution in [0.15, 0.2) is 30.3 Å². The summed E-state index contributed by atoms with van der Waals surface area (Å²) in [6.45, 7) is 8.01. The minimum Gasteiger partial charge on any atom is -0.445 e. The lowest BCUT2D eigenvalue weighted by Gasteiger charge is -2.22. The number of ether oxygens (including phenoxy) is 1. The Labute approximate surface area is 155 Å². The fourth-order valence-electron chi connectivity index (χ4n) is 2.55. The maximum Gasteiger partial charge on any atom is 0.408 e. The average molecular weight is 362 g/mol. The van der Waals surface area contributed by atoms with Crippen molar-refractivity contribution in [3.8, 4) is 0 Å². The van der Waals surface area contributed by atoms with E-state index in [-0.39, 0.29) is 24.3 Å². The zero-order chi connectivity index (χ0) is 19.5. The fourth-order valence-corrected chi connectivity index (χ4v) is 2.55. The Bertz CT molecular complexity index is 572. The van der Waals surface area contributed by atoms with Crippen molar-refractivity contribution in [1.82, 2.24) is 10.6 Å². The molecule has 0 spiro atoms. The Morgan fingerprint density at radius 1 is 1.00 bits per heavy atom. The number of alkyl carbamates (subject to hydrolysis) is 1. The fraction of sp³-hybridized carbons (Fsp3) is 0.550. The number of carbonyl (C=O) groups excluding carboxylic acids is 3. The lowest BCUT2D eigenvalue weighted by Crippen LogP contribution is -2.50. The third kappa shape index (κ3) is 8.65. The molecule has 0 bridgehead atoms. The minimum absolute atomic E-state index is 0.132. The summed E-state index contributed by atoms with van der Waals surface area (Å²) in [5, 5.41) is 5.32. The van der Waals surface area contributed by atoms with Crippen LogP contribution in [0.3, 0.4) is 0 Å². The zero-order valence-electron chi connectivity index (χ0n) is 16.0. The Hall–Kier alpha value is -2.37. The molecule has 2 atom stereocenters. The third-order valence-electron chi connectivity index (χ3n) is 3.75. The van der Waals surface area contributed by atoms with Crippen LogP contribution >= 0.6 is 0 Å². The van der Waals surface area contributed by atoms with Crippen molar-refractivity contribution in [1.29, 1.82) is 0 Å². The van der Waals surface area contributed by atoms with Gasteiger partial charge in [0.1, 0.15) is 18.9 Å². The molecule has 2 N–H and O–H groups in total. The molecular formula is C20H30N2O4. The molecule has 0 aliphatic rings. The first kappa shape index (κ1) is 21.7. The highest BCUT2D eigenvalue weighted by molar-refractivity contribution is 5.87. The van der Waals surface area contributed by atoms with Gasteiger partial charge in [-0.05, 0) is 30.2 Å². The molecule has 0 heterocycles. The molecule has 0 aromatic heterocycles. The van der Waals surface area contributed by atoms with E-state index < -0.39 is 18.2 Å². The Kier molecular flexibility index (Phi) is 9.41. The van der Waals surface area contributed by atoms with Crippen molar-refractivity contribution in [3.63, 3.8) is 0 Å². The second-order valence-electron chi connectivity index (χ2n) is 7.27. The van der Waals surface area contributed by atoms with Crippen LogP contribution in [0, 0.1) is 11.8 Å². The van der Waals surface area contributed by atoms with Crippen LogP contribution in [0.5, 0.6) is 0 Å². The Morgan fingerprint density at radius 2 is 1.62 bits per heavy atom. The molecule has 0 saturated heterocycles. The van der Waals surface area contributed by atoms with E-state index >= 15 is 0 Å². The van der Waals surface area contributed by atoms with E-state index in [1.54, 1.807) is 0 Å². The molecule has 0 radical (unpaired) electrons. The van der Waals surface area contributed by atoms with E-state index in [1.807, 2.05) is 58.0 Å². The van der Waals surface area contributed by atoms with Gasteiger partial charge in [0.15, 0.2) is 0 Å². The van der Waals surface area contributed by atoms with Crippen LogP contribution in [0.2, 0.25) is 0 Å². The molecule has 1 aromatic rings. The van der Waals surface area contributed by atoms with Crippen molar-refractivity contribution in [2.45, 2.75) is 59.2 Å². The maximum absolute atomic E-state index is 12.5. The maximum atomic E-state index is 12.5. The number of benzene rings is 1. The van der Waals surface area contributed by atoms with Crippen molar-refractivity contribution in [3.05, 3.63) is 35.9 Å². The number of nitrogens with one attached hydrogen (secondary N) is 2. The highest BCUT2D eigenvalue weighted by Crippen LogP contribution is 2.08. The number of aldehydes is 1. The Morgan fingerprint density at radius 3 is 2.15 bits per heavy atom. The number of amides is 2. The standard InChI is InChI=1S/C20H30N2O4/c1-14(2)10-17(12-23)21-19(24)18(11-15(3)4)22-20(25)26-13-16-8-6-5-7-9-16/h5-9,12,14-15,17-18H,10-11,13H2,1-4H3,(H,21,24)(H,22,25)/t17-,18+/m0/s1. The molecule has 0 unspecified atom stereocenters. The second kappa shape index (κ2) is 11.3. The quantitative estimate of drug-likeness (QED) is 0.627. The number of hydrogen-bond donors (Lipinski definition) is 2. The molecule has 6 nitrogen and oxygen atoms in total. The smallest absolute Gasteiger partial charge is 0.408 e. The van der Waals surface area contributed by atoms with Gasteiger partial charge in [-0.3, -0.25) is 4.79 Å². The molecular weight excluding hydrogens is 332 g/mol. The van der Waals surface area contributed by atoms with Crippen LogP contribution in [-0.4, -0.2) is 30.4 Å². The SMILES string of the molecule is CC(C)C[C@@H](C=O)NC(=O)[C@@H](CC(C)C)NC(=O)OCc1ccccc1. The van der Waals surface area contributed by atoms with Gasteiger partial charge in [0.2, 0.25) is 5.91 Å². The van der Waals surface area contributed by atoms with Crippen LogP contribution in [-0.2, 0) is 20.9 Å². The zero-order valence-corrected chi connectivity index (χ0v) is 16.0.